The molecule has 0 bridgehead atoms. The molecule has 2 N–H and O–H groups in total. The minimum Gasteiger partial charge on any atom is -0.383 e. The molecule has 1 rings (SSSR count). The summed E-state index contributed by atoms with van der Waals surface area (Å²) in [4.78, 5) is 14.2. The van der Waals surface area contributed by atoms with E-state index in [-0.39, 0.29) is 5.91 Å². The van der Waals surface area contributed by atoms with E-state index in [0.29, 0.717) is 19.7 Å². The first-order valence-electron chi connectivity index (χ1n) is 6.16. The van der Waals surface area contributed by atoms with Crippen molar-refractivity contribution in [1.29, 1.82) is 0 Å². The third kappa shape index (κ3) is 3.31. The van der Waals surface area contributed by atoms with Crippen molar-refractivity contribution in [2.24, 2.45) is 5.73 Å². The van der Waals surface area contributed by atoms with Crippen LogP contribution in [-0.2, 0) is 15.1 Å². The number of nitrogens with two attached hydrogens (primary N) is 1. The van der Waals surface area contributed by atoms with Gasteiger partial charge in [0.1, 0.15) is 5.54 Å². The van der Waals surface area contributed by atoms with Gasteiger partial charge in [-0.2, -0.15) is 0 Å². The van der Waals surface area contributed by atoms with Crippen molar-refractivity contribution in [2.75, 3.05) is 26.8 Å². The SMILES string of the molecule is CCN(CCOC)C(=O)C(C)(N)c1ccccc1. The quantitative estimate of drug-likeness (QED) is 0.829. The van der Waals surface area contributed by atoms with E-state index in [1.54, 1.807) is 18.9 Å². The van der Waals surface area contributed by atoms with Crippen molar-refractivity contribution in [1.82, 2.24) is 4.90 Å². The molecule has 4 heteroatoms. The van der Waals surface area contributed by atoms with E-state index >= 15 is 0 Å². The Morgan fingerprint density at radius 2 is 2.00 bits per heavy atom. The molecule has 0 aromatic heterocycles. The van der Waals surface area contributed by atoms with Crippen LogP contribution in [0.5, 0.6) is 0 Å². The van der Waals surface area contributed by atoms with Gasteiger partial charge in [0.2, 0.25) is 5.91 Å². The Bertz CT molecular complexity index is 377. The normalized spacial score (nSPS) is 14.0. The fourth-order valence-electron chi connectivity index (χ4n) is 1.84. The van der Waals surface area contributed by atoms with Gasteiger partial charge in [0.05, 0.1) is 6.61 Å². The van der Waals surface area contributed by atoms with Gasteiger partial charge < -0.3 is 15.4 Å². The Kier molecular flexibility index (Phi) is 5.31. The second-order valence-electron chi connectivity index (χ2n) is 4.45. The third-order valence-corrected chi connectivity index (χ3v) is 3.05. The van der Waals surface area contributed by atoms with Crippen molar-refractivity contribution in [3.8, 4) is 0 Å². The summed E-state index contributed by atoms with van der Waals surface area (Å²) >= 11 is 0. The number of benzene rings is 1. The van der Waals surface area contributed by atoms with Crippen molar-refractivity contribution in [3.05, 3.63) is 35.9 Å². The van der Waals surface area contributed by atoms with E-state index in [1.165, 1.54) is 0 Å². The number of amides is 1. The maximum atomic E-state index is 12.4. The highest BCUT2D eigenvalue weighted by Crippen LogP contribution is 2.20. The second-order valence-corrected chi connectivity index (χ2v) is 4.45. The minimum absolute atomic E-state index is 0.0757. The molecule has 100 valence electrons. The van der Waals surface area contributed by atoms with Gasteiger partial charge in [-0.3, -0.25) is 4.79 Å². The number of carbonyl (C=O) groups excluding carboxylic acids is 1. The first-order valence-corrected chi connectivity index (χ1v) is 6.16. The van der Waals surface area contributed by atoms with Gasteiger partial charge in [0.15, 0.2) is 0 Å². The molecule has 0 heterocycles. The van der Waals surface area contributed by atoms with Gasteiger partial charge in [0, 0.05) is 20.2 Å². The summed E-state index contributed by atoms with van der Waals surface area (Å²) in [5, 5.41) is 0. The largest absolute Gasteiger partial charge is 0.383 e. The second kappa shape index (κ2) is 6.52. The van der Waals surface area contributed by atoms with Crippen molar-refractivity contribution in [3.63, 3.8) is 0 Å². The monoisotopic (exact) mass is 250 g/mol. The molecule has 4 nitrogen and oxygen atoms in total. The van der Waals surface area contributed by atoms with Crippen LogP contribution < -0.4 is 5.73 Å². The lowest BCUT2D eigenvalue weighted by Crippen LogP contribution is -2.51. The zero-order chi connectivity index (χ0) is 13.6. The standard InChI is InChI=1S/C14H22N2O2/c1-4-16(10-11-18-3)13(17)14(2,15)12-8-6-5-7-9-12/h5-9H,4,10-11,15H2,1-3H3. The molecule has 0 saturated heterocycles. The molecule has 1 atom stereocenters. The minimum atomic E-state index is -0.995. The zero-order valence-corrected chi connectivity index (χ0v) is 11.3. The average molecular weight is 250 g/mol. The first kappa shape index (κ1) is 14.7. The molecule has 1 unspecified atom stereocenters. The predicted molar refractivity (Wildman–Crippen MR) is 72.1 cm³/mol. The first-order chi connectivity index (χ1) is 8.54. The number of nitrogens with zero attached hydrogens (tertiary/aromatic N) is 1. The number of ether oxygens (including phenoxy) is 1. The van der Waals surface area contributed by atoms with Gasteiger partial charge in [-0.05, 0) is 19.4 Å². The van der Waals surface area contributed by atoms with E-state index in [0.717, 1.165) is 5.56 Å². The Morgan fingerprint density at radius 3 is 2.50 bits per heavy atom. The van der Waals surface area contributed by atoms with E-state index in [9.17, 15) is 4.79 Å². The summed E-state index contributed by atoms with van der Waals surface area (Å²) in [6, 6.07) is 9.44. The summed E-state index contributed by atoms with van der Waals surface area (Å²) in [6.45, 7) is 5.40. The van der Waals surface area contributed by atoms with E-state index in [1.807, 2.05) is 37.3 Å². The number of hydrogen-bond acceptors (Lipinski definition) is 3. The van der Waals surface area contributed by atoms with Crippen LogP contribution in [-0.4, -0.2) is 37.6 Å². The number of carbonyl (C=O) groups is 1. The Balaban J connectivity index is 2.86. The Hall–Kier alpha value is -1.39. The number of rotatable bonds is 6. The summed E-state index contributed by atoms with van der Waals surface area (Å²) in [5.41, 5.74) is 6.03. The molecule has 0 saturated carbocycles. The van der Waals surface area contributed by atoms with Crippen molar-refractivity contribution >= 4 is 5.91 Å². The van der Waals surface area contributed by atoms with Crippen LogP contribution in [0.15, 0.2) is 30.3 Å². The van der Waals surface area contributed by atoms with Gasteiger partial charge in [-0.1, -0.05) is 30.3 Å². The molecule has 18 heavy (non-hydrogen) atoms. The number of hydrogen-bond donors (Lipinski definition) is 1. The summed E-state index contributed by atoms with van der Waals surface area (Å²) in [5.74, 6) is -0.0757. The fraction of sp³-hybridized carbons (Fsp3) is 0.500. The molecule has 0 aliphatic carbocycles. The van der Waals surface area contributed by atoms with E-state index < -0.39 is 5.54 Å². The predicted octanol–water partition coefficient (Wildman–Crippen LogP) is 1.36. The molecular weight excluding hydrogens is 228 g/mol. The van der Waals surface area contributed by atoms with Crippen LogP contribution in [0.2, 0.25) is 0 Å². The molecule has 0 fully saturated rings. The fourth-order valence-corrected chi connectivity index (χ4v) is 1.84. The van der Waals surface area contributed by atoms with Gasteiger partial charge >= 0.3 is 0 Å². The van der Waals surface area contributed by atoms with E-state index in [2.05, 4.69) is 0 Å². The lowest BCUT2D eigenvalue weighted by molar-refractivity contribution is -0.137. The topological polar surface area (TPSA) is 55.6 Å². The highest BCUT2D eigenvalue weighted by Gasteiger charge is 2.33. The van der Waals surface area contributed by atoms with E-state index in [4.69, 9.17) is 10.5 Å². The summed E-state index contributed by atoms with van der Waals surface area (Å²) in [7, 11) is 1.62. The van der Waals surface area contributed by atoms with Gasteiger partial charge in [0.25, 0.3) is 0 Å². The lowest BCUT2D eigenvalue weighted by Gasteiger charge is -2.31. The maximum absolute atomic E-state index is 12.4. The van der Waals surface area contributed by atoms with Crippen molar-refractivity contribution < 1.29 is 9.53 Å². The highest BCUT2D eigenvalue weighted by atomic mass is 16.5. The van der Waals surface area contributed by atoms with Gasteiger partial charge in [-0.15, -0.1) is 0 Å². The Labute approximate surface area is 109 Å². The molecule has 0 aliphatic heterocycles. The molecule has 0 aliphatic rings. The molecular formula is C14H22N2O2. The third-order valence-electron chi connectivity index (χ3n) is 3.05. The molecule has 1 amide bonds. The maximum Gasteiger partial charge on any atom is 0.247 e. The number of methoxy groups -OCH3 is 1. The van der Waals surface area contributed by atoms with Gasteiger partial charge in [-0.25, -0.2) is 0 Å². The zero-order valence-electron chi connectivity index (χ0n) is 11.3. The Morgan fingerprint density at radius 1 is 1.39 bits per heavy atom. The molecule has 0 radical (unpaired) electrons. The van der Waals surface area contributed by atoms with Crippen LogP contribution in [0, 0.1) is 0 Å². The van der Waals surface area contributed by atoms with Crippen LogP contribution in [0.25, 0.3) is 0 Å². The lowest BCUT2D eigenvalue weighted by atomic mass is 9.91. The molecule has 0 spiro atoms. The highest BCUT2D eigenvalue weighted by molar-refractivity contribution is 5.87. The van der Waals surface area contributed by atoms with Crippen LogP contribution in [0.3, 0.4) is 0 Å². The van der Waals surface area contributed by atoms with Crippen LogP contribution in [0.4, 0.5) is 0 Å². The van der Waals surface area contributed by atoms with Crippen molar-refractivity contribution in [2.45, 2.75) is 19.4 Å². The average Bonchev–Trinajstić information content (AvgIpc) is 2.40. The summed E-state index contributed by atoms with van der Waals surface area (Å²) in [6.07, 6.45) is 0. The molecule has 1 aromatic rings. The summed E-state index contributed by atoms with van der Waals surface area (Å²) < 4.78 is 5.01. The smallest absolute Gasteiger partial charge is 0.247 e. The molecule has 1 aromatic carbocycles. The van der Waals surface area contributed by atoms with Crippen LogP contribution >= 0.6 is 0 Å². The van der Waals surface area contributed by atoms with Crippen LogP contribution in [0.1, 0.15) is 19.4 Å². The number of likely N-dealkylation sites (N-methyl/N-ethyl adjacent to an activating group) is 1.